The van der Waals surface area contributed by atoms with Crippen LogP contribution in [0.15, 0.2) is 24.1 Å². The number of hydrogen-bond donors (Lipinski definition) is 2. The van der Waals surface area contributed by atoms with Crippen LogP contribution in [0.5, 0.6) is 0 Å². The third kappa shape index (κ3) is 3.24. The lowest BCUT2D eigenvalue weighted by molar-refractivity contribution is 0.579. The van der Waals surface area contributed by atoms with Crippen LogP contribution in [0.4, 0.5) is 14.5 Å². The first-order valence-electron chi connectivity index (χ1n) is 4.66. The molecule has 1 aromatic rings. The van der Waals surface area contributed by atoms with Crippen LogP contribution >= 0.6 is 0 Å². The number of benzene rings is 1. The molecule has 7 heteroatoms. The Morgan fingerprint density at radius 1 is 1.41 bits per heavy atom. The van der Waals surface area contributed by atoms with Crippen LogP contribution in [-0.4, -0.2) is 8.42 Å². The average Bonchev–Trinajstić information content (AvgIpc) is 2.23. The molecule has 0 aliphatic rings. The van der Waals surface area contributed by atoms with E-state index in [1.807, 2.05) is 0 Å². The normalized spacial score (nSPS) is 13.2. The predicted molar refractivity (Wildman–Crippen MR) is 61.7 cm³/mol. The summed E-state index contributed by atoms with van der Waals surface area (Å²) >= 11 is 0. The molecule has 3 N–H and O–H groups in total. The van der Waals surface area contributed by atoms with Gasteiger partial charge in [0.15, 0.2) is 11.6 Å². The molecule has 1 rings (SSSR count). The molecule has 0 aliphatic heterocycles. The van der Waals surface area contributed by atoms with Crippen molar-refractivity contribution in [3.63, 3.8) is 0 Å². The highest BCUT2D eigenvalue weighted by molar-refractivity contribution is 7.95. The van der Waals surface area contributed by atoms with Gasteiger partial charge in [0.2, 0.25) is 0 Å². The van der Waals surface area contributed by atoms with Gasteiger partial charge in [0.1, 0.15) is 5.69 Å². The van der Waals surface area contributed by atoms with Gasteiger partial charge in [0.05, 0.1) is 0 Å². The molecule has 0 radical (unpaired) electrons. The van der Waals surface area contributed by atoms with Crippen molar-refractivity contribution in [1.29, 1.82) is 0 Å². The Hall–Kier alpha value is -1.47. The molecule has 1 atom stereocenters. The molecule has 0 aliphatic carbocycles. The lowest BCUT2D eigenvalue weighted by atomic mass is 10.1. The van der Waals surface area contributed by atoms with Crippen molar-refractivity contribution in [1.82, 2.24) is 0 Å². The van der Waals surface area contributed by atoms with Crippen LogP contribution in [-0.2, 0) is 10.0 Å². The minimum absolute atomic E-state index is 0.238. The Morgan fingerprint density at radius 3 is 2.24 bits per heavy atom. The topological polar surface area (TPSA) is 72.2 Å². The van der Waals surface area contributed by atoms with Crippen LogP contribution in [0.3, 0.4) is 0 Å². The quantitative estimate of drug-likeness (QED) is 0.870. The van der Waals surface area contributed by atoms with E-state index in [9.17, 15) is 17.2 Å². The molecule has 0 bridgehead atoms. The van der Waals surface area contributed by atoms with Crippen molar-refractivity contribution in [2.45, 2.75) is 13.0 Å². The molecule has 94 valence electrons. The molecular formula is C10H12F2N2O2S. The first kappa shape index (κ1) is 13.6. The highest BCUT2D eigenvalue weighted by Gasteiger charge is 2.16. The van der Waals surface area contributed by atoms with Gasteiger partial charge >= 0.3 is 0 Å². The highest BCUT2D eigenvalue weighted by atomic mass is 32.2. The van der Waals surface area contributed by atoms with Crippen molar-refractivity contribution in [3.8, 4) is 0 Å². The van der Waals surface area contributed by atoms with Gasteiger partial charge in [-0.2, -0.15) is 0 Å². The Bertz CT molecular complexity index is 518. The fraction of sp³-hybridized carbons (Fsp3) is 0.200. The molecular weight excluding hydrogens is 250 g/mol. The summed E-state index contributed by atoms with van der Waals surface area (Å²) in [6.45, 7) is 4.58. The Morgan fingerprint density at radius 2 is 1.88 bits per heavy atom. The molecule has 0 aromatic heterocycles. The van der Waals surface area contributed by atoms with E-state index >= 15 is 0 Å². The standard InChI is InChI=1S/C10H12F2N2O2S/c1-3-17(15,16)14-10-8(11)4-7(6(2)13)5-9(10)12/h3-6,14H,1,13H2,2H3/t6-/m1/s1. The van der Waals surface area contributed by atoms with Gasteiger partial charge in [0.25, 0.3) is 10.0 Å². The second-order valence-corrected chi connectivity index (χ2v) is 5.09. The van der Waals surface area contributed by atoms with Crippen molar-refractivity contribution >= 4 is 15.7 Å². The lowest BCUT2D eigenvalue weighted by Gasteiger charge is -2.11. The summed E-state index contributed by atoms with van der Waals surface area (Å²) in [6, 6.07) is 1.41. The van der Waals surface area contributed by atoms with Gasteiger partial charge in [-0.1, -0.05) is 6.58 Å². The number of hydrogen-bond acceptors (Lipinski definition) is 3. The first-order valence-corrected chi connectivity index (χ1v) is 6.21. The minimum Gasteiger partial charge on any atom is -0.324 e. The van der Waals surface area contributed by atoms with E-state index < -0.39 is 33.4 Å². The molecule has 4 nitrogen and oxygen atoms in total. The molecule has 0 heterocycles. The lowest BCUT2D eigenvalue weighted by Crippen LogP contribution is -2.13. The van der Waals surface area contributed by atoms with E-state index in [-0.39, 0.29) is 5.56 Å². The number of nitrogens with one attached hydrogen (secondary N) is 1. The number of sulfonamides is 1. The average molecular weight is 262 g/mol. The Labute approximate surface area is 98.2 Å². The predicted octanol–water partition coefficient (Wildman–Crippen LogP) is 1.87. The fourth-order valence-corrected chi connectivity index (χ4v) is 1.70. The molecule has 0 spiro atoms. The zero-order chi connectivity index (χ0) is 13.2. The monoisotopic (exact) mass is 262 g/mol. The zero-order valence-corrected chi connectivity index (χ0v) is 9.89. The largest absolute Gasteiger partial charge is 0.324 e. The van der Waals surface area contributed by atoms with E-state index in [2.05, 4.69) is 6.58 Å². The highest BCUT2D eigenvalue weighted by Crippen LogP contribution is 2.24. The molecule has 0 saturated carbocycles. The van der Waals surface area contributed by atoms with Crippen LogP contribution in [0.2, 0.25) is 0 Å². The van der Waals surface area contributed by atoms with Gasteiger partial charge < -0.3 is 5.73 Å². The smallest absolute Gasteiger partial charge is 0.254 e. The summed E-state index contributed by atoms with van der Waals surface area (Å²) in [5.74, 6) is -2.05. The zero-order valence-electron chi connectivity index (χ0n) is 9.07. The molecule has 0 unspecified atom stereocenters. The number of anilines is 1. The summed E-state index contributed by atoms with van der Waals surface area (Å²) in [7, 11) is -3.95. The van der Waals surface area contributed by atoms with Crippen LogP contribution in [0, 0.1) is 11.6 Å². The van der Waals surface area contributed by atoms with Crippen LogP contribution in [0.25, 0.3) is 0 Å². The summed E-state index contributed by atoms with van der Waals surface area (Å²) < 4.78 is 50.9. The van der Waals surface area contributed by atoms with Crippen molar-refractivity contribution in [2.24, 2.45) is 5.73 Å². The van der Waals surface area contributed by atoms with Crippen molar-refractivity contribution < 1.29 is 17.2 Å². The molecule has 0 saturated heterocycles. The number of rotatable bonds is 4. The molecule has 17 heavy (non-hydrogen) atoms. The number of halogens is 2. The third-order valence-corrected chi connectivity index (χ3v) is 2.98. The van der Waals surface area contributed by atoms with Gasteiger partial charge in [-0.05, 0) is 24.6 Å². The summed E-state index contributed by atoms with van der Waals surface area (Å²) in [6.07, 6.45) is 0. The van der Waals surface area contributed by atoms with Gasteiger partial charge in [-0.3, -0.25) is 4.72 Å². The van der Waals surface area contributed by atoms with E-state index in [4.69, 9.17) is 5.73 Å². The fourth-order valence-electron chi connectivity index (χ4n) is 1.14. The maximum atomic E-state index is 13.5. The molecule has 0 fully saturated rings. The minimum atomic E-state index is -3.95. The summed E-state index contributed by atoms with van der Waals surface area (Å²) in [5, 5.41) is 0.561. The second kappa shape index (κ2) is 4.80. The Balaban J connectivity index is 3.24. The maximum absolute atomic E-state index is 13.5. The van der Waals surface area contributed by atoms with Crippen molar-refractivity contribution in [3.05, 3.63) is 41.3 Å². The third-order valence-electron chi connectivity index (χ3n) is 2.05. The van der Waals surface area contributed by atoms with E-state index in [0.717, 1.165) is 12.1 Å². The van der Waals surface area contributed by atoms with Crippen LogP contribution in [0.1, 0.15) is 18.5 Å². The van der Waals surface area contributed by atoms with Gasteiger partial charge in [0, 0.05) is 11.4 Å². The molecule has 0 amide bonds. The molecule has 1 aromatic carbocycles. The van der Waals surface area contributed by atoms with Gasteiger partial charge in [-0.25, -0.2) is 17.2 Å². The van der Waals surface area contributed by atoms with Crippen LogP contribution < -0.4 is 10.5 Å². The van der Waals surface area contributed by atoms with E-state index in [1.54, 1.807) is 11.6 Å². The number of nitrogens with two attached hydrogens (primary N) is 1. The van der Waals surface area contributed by atoms with Crippen molar-refractivity contribution in [2.75, 3.05) is 4.72 Å². The Kier molecular flexibility index (Phi) is 3.84. The second-order valence-electron chi connectivity index (χ2n) is 3.46. The SMILES string of the molecule is C=CS(=O)(=O)Nc1c(F)cc([C@@H](C)N)cc1F. The summed E-state index contributed by atoms with van der Waals surface area (Å²) in [5.41, 5.74) is 4.96. The first-order chi connectivity index (χ1) is 7.76. The van der Waals surface area contributed by atoms with E-state index in [0.29, 0.717) is 5.41 Å². The maximum Gasteiger partial charge on any atom is 0.254 e. The summed E-state index contributed by atoms with van der Waals surface area (Å²) in [4.78, 5) is 0. The van der Waals surface area contributed by atoms with E-state index in [1.165, 1.54) is 0 Å². The van der Waals surface area contributed by atoms with Gasteiger partial charge in [-0.15, -0.1) is 0 Å².